The van der Waals surface area contributed by atoms with Crippen LogP contribution in [0.2, 0.25) is 0 Å². The highest BCUT2D eigenvalue weighted by Crippen LogP contribution is 2.13. The zero-order valence-corrected chi connectivity index (χ0v) is 10.7. The summed E-state index contributed by atoms with van der Waals surface area (Å²) in [5.74, 6) is 0. The summed E-state index contributed by atoms with van der Waals surface area (Å²) in [6.45, 7) is 6.08. The Hall–Kier alpha value is -0.450. The largest absolute Gasteiger partial charge is 0.330 e. The van der Waals surface area contributed by atoms with E-state index in [1.807, 2.05) is 0 Å². The Morgan fingerprint density at radius 1 is 1.60 bits per heavy atom. The van der Waals surface area contributed by atoms with Crippen LogP contribution >= 0.6 is 11.3 Å². The normalized spacial score (nSPS) is 13.4. The SMILES string of the molecule is CCC(C)N(C)Cc1csc(CCN)n1. The molecule has 0 aliphatic heterocycles. The first-order valence-electron chi connectivity index (χ1n) is 5.51. The fraction of sp³-hybridized carbons (Fsp3) is 0.727. The summed E-state index contributed by atoms with van der Waals surface area (Å²) >= 11 is 1.72. The van der Waals surface area contributed by atoms with E-state index in [-0.39, 0.29) is 0 Å². The molecule has 0 radical (unpaired) electrons. The average Bonchev–Trinajstić information content (AvgIpc) is 2.65. The van der Waals surface area contributed by atoms with Crippen LogP contribution in [0.3, 0.4) is 0 Å². The quantitative estimate of drug-likeness (QED) is 0.807. The van der Waals surface area contributed by atoms with E-state index in [0.717, 1.165) is 18.0 Å². The van der Waals surface area contributed by atoms with Gasteiger partial charge in [0.1, 0.15) is 0 Å². The van der Waals surface area contributed by atoms with Crippen molar-refractivity contribution in [1.82, 2.24) is 9.88 Å². The van der Waals surface area contributed by atoms with Gasteiger partial charge in [-0.05, 0) is 26.9 Å². The zero-order valence-electron chi connectivity index (χ0n) is 9.86. The van der Waals surface area contributed by atoms with Crippen LogP contribution < -0.4 is 5.73 Å². The molecule has 0 aliphatic rings. The van der Waals surface area contributed by atoms with Crippen molar-refractivity contribution in [3.63, 3.8) is 0 Å². The van der Waals surface area contributed by atoms with E-state index in [2.05, 4.69) is 36.2 Å². The van der Waals surface area contributed by atoms with Gasteiger partial charge in [-0.3, -0.25) is 4.90 Å². The molecule has 0 saturated heterocycles. The maximum atomic E-state index is 5.50. The lowest BCUT2D eigenvalue weighted by molar-refractivity contribution is 0.241. The van der Waals surface area contributed by atoms with Crippen molar-refractivity contribution in [3.8, 4) is 0 Å². The molecule has 1 unspecified atom stereocenters. The Kier molecular flexibility index (Phi) is 5.22. The summed E-state index contributed by atoms with van der Waals surface area (Å²) < 4.78 is 0. The van der Waals surface area contributed by atoms with E-state index in [9.17, 15) is 0 Å². The van der Waals surface area contributed by atoms with Crippen LogP contribution in [-0.2, 0) is 13.0 Å². The molecule has 0 fully saturated rings. The lowest BCUT2D eigenvalue weighted by atomic mass is 10.2. The van der Waals surface area contributed by atoms with Crippen LogP contribution in [0.4, 0.5) is 0 Å². The van der Waals surface area contributed by atoms with Crippen LogP contribution in [0.1, 0.15) is 31.0 Å². The summed E-state index contributed by atoms with van der Waals surface area (Å²) in [7, 11) is 2.15. The molecule has 1 aromatic heterocycles. The van der Waals surface area contributed by atoms with Crippen LogP contribution in [0, 0.1) is 0 Å². The van der Waals surface area contributed by atoms with Crippen molar-refractivity contribution >= 4 is 11.3 Å². The number of hydrogen-bond donors (Lipinski definition) is 1. The van der Waals surface area contributed by atoms with Gasteiger partial charge in [-0.25, -0.2) is 4.98 Å². The lowest BCUT2D eigenvalue weighted by Crippen LogP contribution is -2.27. The first-order valence-corrected chi connectivity index (χ1v) is 6.39. The van der Waals surface area contributed by atoms with Gasteiger partial charge in [0.25, 0.3) is 0 Å². The smallest absolute Gasteiger partial charge is 0.0941 e. The number of nitrogens with zero attached hydrogens (tertiary/aromatic N) is 2. The van der Waals surface area contributed by atoms with E-state index in [1.54, 1.807) is 11.3 Å². The first-order chi connectivity index (χ1) is 7.17. The Morgan fingerprint density at radius 2 is 2.33 bits per heavy atom. The van der Waals surface area contributed by atoms with Gasteiger partial charge in [-0.1, -0.05) is 6.92 Å². The topological polar surface area (TPSA) is 42.1 Å². The molecule has 15 heavy (non-hydrogen) atoms. The van der Waals surface area contributed by atoms with Crippen LogP contribution in [0.5, 0.6) is 0 Å². The molecule has 1 heterocycles. The molecule has 0 spiro atoms. The molecular weight excluding hydrogens is 206 g/mol. The minimum atomic E-state index is 0.615. The van der Waals surface area contributed by atoms with Crippen molar-refractivity contribution in [2.24, 2.45) is 5.73 Å². The van der Waals surface area contributed by atoms with Gasteiger partial charge in [0, 0.05) is 24.4 Å². The van der Waals surface area contributed by atoms with Crippen molar-refractivity contribution in [3.05, 3.63) is 16.1 Å². The fourth-order valence-electron chi connectivity index (χ4n) is 1.38. The molecule has 1 aromatic rings. The molecule has 2 N–H and O–H groups in total. The summed E-state index contributed by atoms with van der Waals surface area (Å²) in [5.41, 5.74) is 6.67. The summed E-state index contributed by atoms with van der Waals surface area (Å²) in [6.07, 6.45) is 2.08. The lowest BCUT2D eigenvalue weighted by Gasteiger charge is -2.22. The second-order valence-electron chi connectivity index (χ2n) is 3.94. The number of rotatable bonds is 6. The molecular formula is C11H21N3S. The highest BCUT2D eigenvalue weighted by Gasteiger charge is 2.09. The molecule has 0 bridgehead atoms. The van der Waals surface area contributed by atoms with Crippen molar-refractivity contribution in [2.45, 2.75) is 39.3 Å². The minimum Gasteiger partial charge on any atom is -0.330 e. The van der Waals surface area contributed by atoms with Crippen LogP contribution in [0.15, 0.2) is 5.38 Å². The van der Waals surface area contributed by atoms with E-state index in [1.165, 1.54) is 12.1 Å². The van der Waals surface area contributed by atoms with E-state index in [4.69, 9.17) is 5.73 Å². The highest BCUT2D eigenvalue weighted by atomic mass is 32.1. The first kappa shape index (κ1) is 12.6. The number of nitrogens with two attached hydrogens (primary N) is 1. The van der Waals surface area contributed by atoms with Crippen molar-refractivity contribution in [2.75, 3.05) is 13.6 Å². The highest BCUT2D eigenvalue weighted by molar-refractivity contribution is 7.09. The Balaban J connectivity index is 2.49. The monoisotopic (exact) mass is 227 g/mol. The maximum Gasteiger partial charge on any atom is 0.0941 e. The van der Waals surface area contributed by atoms with Crippen molar-refractivity contribution < 1.29 is 0 Å². The zero-order chi connectivity index (χ0) is 11.3. The minimum absolute atomic E-state index is 0.615. The second-order valence-corrected chi connectivity index (χ2v) is 4.89. The average molecular weight is 227 g/mol. The number of hydrogen-bond acceptors (Lipinski definition) is 4. The fourth-order valence-corrected chi connectivity index (χ4v) is 2.19. The second kappa shape index (κ2) is 6.20. The Labute approximate surface area is 96.3 Å². The third-order valence-electron chi connectivity index (χ3n) is 2.71. The van der Waals surface area contributed by atoms with Gasteiger partial charge in [-0.2, -0.15) is 0 Å². The number of thiazole rings is 1. The van der Waals surface area contributed by atoms with Crippen LogP contribution in [-0.4, -0.2) is 29.5 Å². The van der Waals surface area contributed by atoms with Gasteiger partial charge in [-0.15, -0.1) is 11.3 Å². The van der Waals surface area contributed by atoms with Crippen molar-refractivity contribution in [1.29, 1.82) is 0 Å². The molecule has 0 amide bonds. The molecule has 4 heteroatoms. The molecule has 1 rings (SSSR count). The van der Waals surface area contributed by atoms with Gasteiger partial charge in [0.2, 0.25) is 0 Å². The van der Waals surface area contributed by atoms with Gasteiger partial charge >= 0.3 is 0 Å². The van der Waals surface area contributed by atoms with E-state index in [0.29, 0.717) is 12.6 Å². The molecule has 0 saturated carbocycles. The summed E-state index contributed by atoms with van der Waals surface area (Å²) in [5, 5.41) is 3.30. The summed E-state index contributed by atoms with van der Waals surface area (Å²) in [6, 6.07) is 0.615. The molecule has 1 atom stereocenters. The molecule has 86 valence electrons. The van der Waals surface area contributed by atoms with Gasteiger partial charge in [0.05, 0.1) is 10.7 Å². The van der Waals surface area contributed by atoms with E-state index < -0.39 is 0 Å². The number of aromatic nitrogens is 1. The van der Waals surface area contributed by atoms with Crippen LogP contribution in [0.25, 0.3) is 0 Å². The Morgan fingerprint density at radius 3 is 2.93 bits per heavy atom. The standard InChI is InChI=1S/C11H21N3S/c1-4-9(2)14(3)7-10-8-15-11(13-10)5-6-12/h8-9H,4-7,12H2,1-3H3. The third-order valence-corrected chi connectivity index (χ3v) is 3.67. The van der Waals surface area contributed by atoms with Gasteiger partial charge in [0.15, 0.2) is 0 Å². The molecule has 3 nitrogen and oxygen atoms in total. The van der Waals surface area contributed by atoms with E-state index >= 15 is 0 Å². The van der Waals surface area contributed by atoms with Gasteiger partial charge < -0.3 is 5.73 Å². The maximum absolute atomic E-state index is 5.50. The molecule has 0 aliphatic carbocycles. The predicted octanol–water partition coefficient (Wildman–Crippen LogP) is 1.87. The molecule has 0 aromatic carbocycles. The third kappa shape index (κ3) is 3.89. The Bertz CT molecular complexity index is 285. The predicted molar refractivity (Wildman–Crippen MR) is 66.1 cm³/mol. The summed E-state index contributed by atoms with van der Waals surface area (Å²) in [4.78, 5) is 6.89.